The average molecular weight is 313 g/mol. The maximum Gasteiger partial charge on any atom is 0.0893 e. The number of thiophene rings is 1. The highest BCUT2D eigenvalue weighted by Crippen LogP contribution is 2.34. The Bertz CT molecular complexity index is 1180. The van der Waals surface area contributed by atoms with Gasteiger partial charge in [0.05, 0.1) is 20.8 Å². The molecule has 0 spiro atoms. The smallest absolute Gasteiger partial charge is 0.0893 e. The second-order valence-corrected chi connectivity index (χ2v) is 6.54. The molecule has 0 bridgehead atoms. The number of rotatable bonds is 1. The van der Waals surface area contributed by atoms with Gasteiger partial charge >= 0.3 is 0 Å². The number of fused-ring (bicyclic) bond motifs is 4. The molecule has 0 unspecified atom stereocenters. The molecule has 4 heterocycles. The summed E-state index contributed by atoms with van der Waals surface area (Å²) in [4.78, 5) is 13.4. The molecule has 23 heavy (non-hydrogen) atoms. The third kappa shape index (κ3) is 1.99. The SMILES string of the molecule is c1ccc2cc(-c3cc4c(cn3)sc3cnccc34)ncc2c1. The Morgan fingerprint density at radius 1 is 0.696 bits per heavy atom. The summed E-state index contributed by atoms with van der Waals surface area (Å²) < 4.78 is 2.37. The zero-order chi connectivity index (χ0) is 15.2. The van der Waals surface area contributed by atoms with E-state index in [1.54, 1.807) is 11.3 Å². The van der Waals surface area contributed by atoms with Crippen molar-refractivity contribution in [1.29, 1.82) is 0 Å². The number of nitrogens with zero attached hydrogens (tertiary/aromatic N) is 3. The number of hydrogen-bond acceptors (Lipinski definition) is 4. The first-order valence-electron chi connectivity index (χ1n) is 7.36. The van der Waals surface area contributed by atoms with Crippen LogP contribution < -0.4 is 0 Å². The molecule has 3 nitrogen and oxygen atoms in total. The first-order valence-corrected chi connectivity index (χ1v) is 8.17. The van der Waals surface area contributed by atoms with Crippen molar-refractivity contribution in [3.05, 3.63) is 67.3 Å². The molecule has 0 amide bonds. The monoisotopic (exact) mass is 313 g/mol. The van der Waals surface area contributed by atoms with Gasteiger partial charge in [0, 0.05) is 40.9 Å². The summed E-state index contributed by atoms with van der Waals surface area (Å²) in [6.45, 7) is 0. The molecule has 4 heteroatoms. The van der Waals surface area contributed by atoms with E-state index < -0.39 is 0 Å². The van der Waals surface area contributed by atoms with Gasteiger partial charge < -0.3 is 0 Å². The molecule has 0 radical (unpaired) electrons. The Morgan fingerprint density at radius 3 is 2.43 bits per heavy atom. The van der Waals surface area contributed by atoms with Gasteiger partial charge in [-0.25, -0.2) is 0 Å². The van der Waals surface area contributed by atoms with Crippen molar-refractivity contribution in [2.24, 2.45) is 0 Å². The van der Waals surface area contributed by atoms with Gasteiger partial charge in [-0.3, -0.25) is 15.0 Å². The van der Waals surface area contributed by atoms with Crippen LogP contribution in [-0.2, 0) is 0 Å². The van der Waals surface area contributed by atoms with E-state index in [4.69, 9.17) is 0 Å². The second kappa shape index (κ2) is 4.83. The van der Waals surface area contributed by atoms with Crippen LogP contribution in [0.3, 0.4) is 0 Å². The third-order valence-electron chi connectivity index (χ3n) is 4.06. The molecule has 0 aliphatic rings. The van der Waals surface area contributed by atoms with Crippen LogP contribution in [-0.4, -0.2) is 15.0 Å². The topological polar surface area (TPSA) is 38.7 Å². The minimum absolute atomic E-state index is 0.902. The summed E-state index contributed by atoms with van der Waals surface area (Å²) in [5.41, 5.74) is 1.80. The molecule has 5 aromatic rings. The van der Waals surface area contributed by atoms with Crippen molar-refractivity contribution in [3.8, 4) is 11.4 Å². The fourth-order valence-corrected chi connectivity index (χ4v) is 3.92. The molecule has 1 aromatic carbocycles. The van der Waals surface area contributed by atoms with Crippen molar-refractivity contribution in [1.82, 2.24) is 15.0 Å². The minimum Gasteiger partial charge on any atom is -0.263 e. The van der Waals surface area contributed by atoms with Gasteiger partial charge in [-0.15, -0.1) is 11.3 Å². The summed E-state index contributed by atoms with van der Waals surface area (Å²) in [6, 6.07) is 14.5. The zero-order valence-electron chi connectivity index (χ0n) is 12.1. The molecule has 0 N–H and O–H groups in total. The van der Waals surface area contributed by atoms with Crippen LogP contribution in [0, 0.1) is 0 Å². The number of hydrogen-bond donors (Lipinski definition) is 0. The van der Waals surface area contributed by atoms with Crippen LogP contribution in [0.5, 0.6) is 0 Å². The van der Waals surface area contributed by atoms with E-state index in [9.17, 15) is 0 Å². The van der Waals surface area contributed by atoms with Crippen LogP contribution in [0.2, 0.25) is 0 Å². The van der Waals surface area contributed by atoms with Crippen LogP contribution >= 0.6 is 11.3 Å². The summed E-state index contributed by atoms with van der Waals surface area (Å²) in [6.07, 6.45) is 7.59. The quantitative estimate of drug-likeness (QED) is 0.434. The fraction of sp³-hybridized carbons (Fsp3) is 0. The molecule has 4 aromatic heterocycles. The van der Waals surface area contributed by atoms with Gasteiger partial charge in [0.1, 0.15) is 0 Å². The highest BCUT2D eigenvalue weighted by molar-refractivity contribution is 7.25. The van der Waals surface area contributed by atoms with Gasteiger partial charge in [0.15, 0.2) is 0 Å². The number of aromatic nitrogens is 3. The lowest BCUT2D eigenvalue weighted by molar-refractivity contribution is 1.28. The normalized spacial score (nSPS) is 11.5. The van der Waals surface area contributed by atoms with Crippen molar-refractivity contribution >= 4 is 42.3 Å². The predicted molar refractivity (Wildman–Crippen MR) is 95.7 cm³/mol. The van der Waals surface area contributed by atoms with E-state index >= 15 is 0 Å². The summed E-state index contributed by atoms with van der Waals surface area (Å²) in [5, 5.41) is 4.76. The Balaban J connectivity index is 1.76. The number of pyridine rings is 3. The zero-order valence-corrected chi connectivity index (χ0v) is 12.9. The van der Waals surface area contributed by atoms with Crippen molar-refractivity contribution in [2.75, 3.05) is 0 Å². The van der Waals surface area contributed by atoms with Crippen LogP contribution in [0.4, 0.5) is 0 Å². The molecule has 0 saturated carbocycles. The fourth-order valence-electron chi connectivity index (χ4n) is 2.90. The van der Waals surface area contributed by atoms with Crippen molar-refractivity contribution in [3.63, 3.8) is 0 Å². The Kier molecular flexibility index (Phi) is 2.66. The van der Waals surface area contributed by atoms with Crippen LogP contribution in [0.15, 0.2) is 67.3 Å². The van der Waals surface area contributed by atoms with Crippen molar-refractivity contribution in [2.45, 2.75) is 0 Å². The molecule has 0 atom stereocenters. The predicted octanol–water partition coefficient (Wildman–Crippen LogP) is 5.06. The molecule has 0 aliphatic carbocycles. The summed E-state index contributed by atoms with van der Waals surface area (Å²) >= 11 is 1.72. The van der Waals surface area contributed by atoms with Gasteiger partial charge in [-0.1, -0.05) is 24.3 Å². The highest BCUT2D eigenvalue weighted by atomic mass is 32.1. The van der Waals surface area contributed by atoms with Gasteiger partial charge in [0.2, 0.25) is 0 Å². The average Bonchev–Trinajstić information content (AvgIpc) is 2.99. The Labute approximate surface area is 136 Å². The lowest BCUT2D eigenvalue weighted by atomic mass is 10.1. The summed E-state index contributed by atoms with van der Waals surface area (Å²) in [7, 11) is 0. The minimum atomic E-state index is 0.902. The summed E-state index contributed by atoms with van der Waals surface area (Å²) in [5.74, 6) is 0. The molecular formula is C19H11N3S. The van der Waals surface area contributed by atoms with Crippen LogP contribution in [0.1, 0.15) is 0 Å². The largest absolute Gasteiger partial charge is 0.263 e. The van der Waals surface area contributed by atoms with Gasteiger partial charge in [0.25, 0.3) is 0 Å². The van der Waals surface area contributed by atoms with Crippen LogP contribution in [0.25, 0.3) is 42.3 Å². The van der Waals surface area contributed by atoms with Crippen molar-refractivity contribution < 1.29 is 0 Å². The van der Waals surface area contributed by atoms with E-state index in [1.165, 1.54) is 25.6 Å². The highest BCUT2D eigenvalue weighted by Gasteiger charge is 2.09. The molecule has 0 saturated heterocycles. The van der Waals surface area contributed by atoms with E-state index in [0.29, 0.717) is 0 Å². The van der Waals surface area contributed by atoms with Gasteiger partial charge in [-0.2, -0.15) is 0 Å². The van der Waals surface area contributed by atoms with E-state index in [1.807, 2.05) is 36.9 Å². The lowest BCUT2D eigenvalue weighted by Gasteiger charge is -2.03. The molecule has 5 rings (SSSR count). The second-order valence-electron chi connectivity index (χ2n) is 5.46. The molecule has 0 aliphatic heterocycles. The first-order chi connectivity index (χ1) is 11.4. The molecule has 108 valence electrons. The number of benzene rings is 1. The molecule has 0 fully saturated rings. The first kappa shape index (κ1) is 12.7. The van der Waals surface area contributed by atoms with Gasteiger partial charge in [-0.05, 0) is 23.6 Å². The van der Waals surface area contributed by atoms with E-state index in [0.717, 1.165) is 16.8 Å². The van der Waals surface area contributed by atoms with E-state index in [2.05, 4.69) is 45.3 Å². The van der Waals surface area contributed by atoms with E-state index in [-0.39, 0.29) is 0 Å². The standard InChI is InChI=1S/C19H11N3S/c1-2-4-13-9-21-16(7-12(13)3-1)17-8-15-14-5-6-20-10-18(14)23-19(15)11-22-17/h1-11H. The maximum atomic E-state index is 4.61. The Morgan fingerprint density at radius 2 is 1.48 bits per heavy atom. The molecular weight excluding hydrogens is 302 g/mol. The lowest BCUT2D eigenvalue weighted by Crippen LogP contribution is -1.87. The third-order valence-corrected chi connectivity index (χ3v) is 5.15. The maximum absolute atomic E-state index is 4.61. The Hall–Kier alpha value is -2.85.